The summed E-state index contributed by atoms with van der Waals surface area (Å²) >= 11 is 0. The molecule has 1 aromatic carbocycles. The highest BCUT2D eigenvalue weighted by Crippen LogP contribution is 2.22. The van der Waals surface area contributed by atoms with E-state index in [0.29, 0.717) is 5.57 Å². The van der Waals surface area contributed by atoms with Gasteiger partial charge in [-0.05, 0) is 62.2 Å². The molecule has 0 saturated carbocycles. The molecular weight excluding hydrogens is 436 g/mol. The summed E-state index contributed by atoms with van der Waals surface area (Å²) in [4.78, 5) is 17.2. The average molecular weight is 463 g/mol. The fraction of sp³-hybridized carbons (Fsp3) is 0.200. The summed E-state index contributed by atoms with van der Waals surface area (Å²) in [5, 5.41) is 6.95. The van der Waals surface area contributed by atoms with Gasteiger partial charge in [0.15, 0.2) is 0 Å². The molecule has 0 bridgehead atoms. The van der Waals surface area contributed by atoms with Crippen LogP contribution >= 0.6 is 0 Å². The maximum Gasteiger partial charge on any atom is 0.252 e. The average Bonchev–Trinajstić information content (AvgIpc) is 3.30. The number of aromatic nitrogens is 3. The first-order valence-electron chi connectivity index (χ1n) is 10.4. The topological polar surface area (TPSA) is 93.9 Å². The number of nitrogens with zero attached hydrogens (tertiary/aromatic N) is 3. The molecule has 2 aromatic heterocycles. The van der Waals surface area contributed by atoms with E-state index in [0.717, 1.165) is 16.8 Å². The van der Waals surface area contributed by atoms with Crippen molar-refractivity contribution in [1.82, 2.24) is 20.1 Å². The van der Waals surface area contributed by atoms with Crippen LogP contribution in [-0.2, 0) is 21.2 Å². The zero-order valence-electron chi connectivity index (χ0n) is 18.8. The van der Waals surface area contributed by atoms with Crippen molar-refractivity contribution in [3.05, 3.63) is 95.8 Å². The number of hydrogen-bond acceptors (Lipinski definition) is 5. The second-order valence-electron chi connectivity index (χ2n) is 7.71. The summed E-state index contributed by atoms with van der Waals surface area (Å²) in [6.45, 7) is 9.51. The van der Waals surface area contributed by atoms with E-state index in [-0.39, 0.29) is 28.3 Å². The quantitative estimate of drug-likeness (QED) is 0.310. The van der Waals surface area contributed by atoms with Gasteiger partial charge in [-0.15, -0.1) is 5.73 Å². The van der Waals surface area contributed by atoms with Crippen molar-refractivity contribution < 1.29 is 13.2 Å². The van der Waals surface area contributed by atoms with Crippen molar-refractivity contribution in [3.63, 3.8) is 0 Å². The third-order valence-electron chi connectivity index (χ3n) is 4.98. The van der Waals surface area contributed by atoms with Gasteiger partial charge in [-0.1, -0.05) is 24.8 Å². The van der Waals surface area contributed by atoms with E-state index in [9.17, 15) is 13.2 Å². The van der Waals surface area contributed by atoms with E-state index < -0.39 is 9.84 Å². The minimum absolute atomic E-state index is 0.0666. The fourth-order valence-electron chi connectivity index (χ4n) is 3.05. The van der Waals surface area contributed by atoms with Crippen LogP contribution in [0, 0.1) is 6.92 Å². The highest BCUT2D eigenvalue weighted by Gasteiger charge is 2.20. The molecule has 0 unspecified atom stereocenters. The summed E-state index contributed by atoms with van der Waals surface area (Å²) in [6, 6.07) is 10.2. The number of rotatable bonds is 8. The Morgan fingerprint density at radius 1 is 1.21 bits per heavy atom. The highest BCUT2D eigenvalue weighted by atomic mass is 32.2. The van der Waals surface area contributed by atoms with Gasteiger partial charge in [0.05, 0.1) is 11.1 Å². The minimum atomic E-state index is -3.67. The molecule has 8 heteroatoms. The molecule has 7 nitrogen and oxygen atoms in total. The third kappa shape index (κ3) is 5.74. The molecule has 0 aliphatic heterocycles. The number of aryl methyl sites for hydroxylation is 1. The monoisotopic (exact) mass is 462 g/mol. The molecular formula is C25H26N4O3S. The van der Waals surface area contributed by atoms with Crippen molar-refractivity contribution in [2.45, 2.75) is 43.1 Å². The van der Waals surface area contributed by atoms with Gasteiger partial charge in [0.1, 0.15) is 4.90 Å². The van der Waals surface area contributed by atoms with E-state index in [4.69, 9.17) is 0 Å². The van der Waals surface area contributed by atoms with Crippen molar-refractivity contribution in [3.8, 4) is 0 Å². The van der Waals surface area contributed by atoms with Gasteiger partial charge in [-0.2, -0.15) is 5.10 Å². The SMILES string of the molecule is C=C=C/C(=C\c1cccnc1C)C(=O)NCc1ccc(S(=O)(=O)c2cnn(C(C)C)c2)cc1. The summed E-state index contributed by atoms with van der Waals surface area (Å²) < 4.78 is 27.3. The summed E-state index contributed by atoms with van der Waals surface area (Å²) in [5.74, 6) is -0.299. The number of amides is 1. The fourth-order valence-corrected chi connectivity index (χ4v) is 4.25. The Hall–Kier alpha value is -3.74. The van der Waals surface area contributed by atoms with Crippen LogP contribution in [0.4, 0.5) is 0 Å². The lowest BCUT2D eigenvalue weighted by molar-refractivity contribution is -0.117. The van der Waals surface area contributed by atoms with Crippen molar-refractivity contribution in [2.75, 3.05) is 0 Å². The predicted octanol–water partition coefficient (Wildman–Crippen LogP) is 4.04. The van der Waals surface area contributed by atoms with Gasteiger partial charge in [0, 0.05) is 36.2 Å². The Morgan fingerprint density at radius 2 is 1.94 bits per heavy atom. The normalized spacial score (nSPS) is 11.8. The summed E-state index contributed by atoms with van der Waals surface area (Å²) in [6.07, 6.45) is 7.81. The van der Waals surface area contributed by atoms with Crippen LogP contribution in [-0.4, -0.2) is 29.1 Å². The number of hydrogen-bond donors (Lipinski definition) is 1. The van der Waals surface area contributed by atoms with Crippen LogP contribution < -0.4 is 5.32 Å². The van der Waals surface area contributed by atoms with E-state index in [1.165, 1.54) is 30.6 Å². The Morgan fingerprint density at radius 3 is 2.55 bits per heavy atom. The van der Waals surface area contributed by atoms with E-state index >= 15 is 0 Å². The second-order valence-corrected chi connectivity index (χ2v) is 9.66. The lowest BCUT2D eigenvalue weighted by Crippen LogP contribution is -2.23. The molecule has 170 valence electrons. The number of carbonyl (C=O) groups excluding carboxylic acids is 1. The molecule has 0 saturated heterocycles. The molecule has 2 heterocycles. The molecule has 1 N–H and O–H groups in total. The molecule has 0 spiro atoms. The zero-order valence-corrected chi connectivity index (χ0v) is 19.6. The molecule has 33 heavy (non-hydrogen) atoms. The number of pyridine rings is 1. The first-order valence-corrected chi connectivity index (χ1v) is 11.9. The largest absolute Gasteiger partial charge is 0.348 e. The van der Waals surface area contributed by atoms with Gasteiger partial charge < -0.3 is 5.32 Å². The van der Waals surface area contributed by atoms with Gasteiger partial charge in [-0.25, -0.2) is 8.42 Å². The van der Waals surface area contributed by atoms with E-state index in [2.05, 4.69) is 27.7 Å². The van der Waals surface area contributed by atoms with Gasteiger partial charge >= 0.3 is 0 Å². The van der Waals surface area contributed by atoms with Gasteiger partial charge in [0.25, 0.3) is 5.91 Å². The number of benzene rings is 1. The van der Waals surface area contributed by atoms with Gasteiger partial charge in [-0.3, -0.25) is 14.5 Å². The van der Waals surface area contributed by atoms with Crippen molar-refractivity contribution in [1.29, 1.82) is 0 Å². The predicted molar refractivity (Wildman–Crippen MR) is 127 cm³/mol. The van der Waals surface area contributed by atoms with E-state index in [1.54, 1.807) is 35.2 Å². The number of carbonyl (C=O) groups is 1. The molecule has 0 aliphatic carbocycles. The molecule has 3 rings (SSSR count). The second kappa shape index (κ2) is 10.3. The van der Waals surface area contributed by atoms with E-state index in [1.807, 2.05) is 26.8 Å². The number of nitrogens with one attached hydrogen (secondary N) is 1. The Kier molecular flexibility index (Phi) is 7.43. The third-order valence-corrected chi connectivity index (χ3v) is 6.71. The lowest BCUT2D eigenvalue weighted by atomic mass is 10.1. The van der Waals surface area contributed by atoms with Crippen LogP contribution in [0.5, 0.6) is 0 Å². The van der Waals surface area contributed by atoms with Crippen LogP contribution in [0.2, 0.25) is 0 Å². The summed E-state index contributed by atoms with van der Waals surface area (Å²) in [5.41, 5.74) is 5.42. The van der Waals surface area contributed by atoms with Crippen molar-refractivity contribution in [2.24, 2.45) is 0 Å². The lowest BCUT2D eigenvalue weighted by Gasteiger charge is -2.08. The van der Waals surface area contributed by atoms with Crippen LogP contribution in [0.15, 0.2) is 88.7 Å². The maximum absolute atomic E-state index is 12.9. The Bertz CT molecular complexity index is 1330. The molecule has 1 amide bonds. The summed E-state index contributed by atoms with van der Waals surface area (Å²) in [7, 11) is -3.67. The molecule has 0 radical (unpaired) electrons. The van der Waals surface area contributed by atoms with Gasteiger partial charge in [0.2, 0.25) is 9.84 Å². The van der Waals surface area contributed by atoms with Crippen LogP contribution in [0.25, 0.3) is 6.08 Å². The van der Waals surface area contributed by atoms with Crippen molar-refractivity contribution >= 4 is 21.8 Å². The standard InChI is InChI=1S/C25H26N4O3S/c1-5-7-22(14-21-8-6-13-26-19(21)4)25(30)27-15-20-9-11-23(12-10-20)33(31,32)24-16-28-29(17-24)18(2)3/h6-14,16-18H,1,15H2,2-4H3,(H,27,30)/b22-14+. The first-order chi connectivity index (χ1) is 15.7. The van der Waals surface area contributed by atoms with Crippen LogP contribution in [0.3, 0.4) is 0 Å². The zero-order chi connectivity index (χ0) is 24.0. The minimum Gasteiger partial charge on any atom is -0.348 e. The van der Waals surface area contributed by atoms with Crippen LogP contribution in [0.1, 0.15) is 36.7 Å². The molecule has 0 atom stereocenters. The Balaban J connectivity index is 1.72. The molecule has 3 aromatic rings. The molecule has 0 aliphatic rings. The maximum atomic E-state index is 12.9. The Labute approximate surface area is 194 Å². The smallest absolute Gasteiger partial charge is 0.252 e. The molecule has 0 fully saturated rings. The first kappa shape index (κ1) is 23.9. The number of sulfone groups is 1. The highest BCUT2D eigenvalue weighted by molar-refractivity contribution is 7.91.